The van der Waals surface area contributed by atoms with Gasteiger partial charge in [-0.3, -0.25) is 4.90 Å². The molecule has 0 aromatic rings. The largest absolute Gasteiger partial charge is 0.404 e. The molecule has 5 heteroatoms. The maximum absolute atomic E-state index is 12.2. The molecule has 12 heavy (non-hydrogen) atoms. The van der Waals surface area contributed by atoms with Crippen LogP contribution in [0.25, 0.3) is 0 Å². The summed E-state index contributed by atoms with van der Waals surface area (Å²) in [5.41, 5.74) is 0. The van der Waals surface area contributed by atoms with Gasteiger partial charge in [-0.2, -0.15) is 13.2 Å². The minimum Gasteiger partial charge on any atom is -0.288 e. The number of thiocarbonyl (C=S) groups is 1. The smallest absolute Gasteiger partial charge is 0.288 e. The normalized spacial score (nSPS) is 26.1. The maximum Gasteiger partial charge on any atom is 0.404 e. The summed E-state index contributed by atoms with van der Waals surface area (Å²) in [6.07, 6.45) is -3.26. The summed E-state index contributed by atoms with van der Waals surface area (Å²) < 4.78 is 36.7. The van der Waals surface area contributed by atoms with Gasteiger partial charge in [-0.05, 0) is 24.8 Å². The topological polar surface area (TPSA) is 3.24 Å². The molecule has 0 spiro atoms. The molecule has 1 saturated heterocycles. The van der Waals surface area contributed by atoms with Crippen molar-refractivity contribution in [1.29, 1.82) is 0 Å². The van der Waals surface area contributed by atoms with Crippen molar-refractivity contribution in [2.75, 3.05) is 13.1 Å². The van der Waals surface area contributed by atoms with Gasteiger partial charge in [0.2, 0.25) is 0 Å². The van der Waals surface area contributed by atoms with Gasteiger partial charge in [0, 0.05) is 6.54 Å². The van der Waals surface area contributed by atoms with Gasteiger partial charge in [0.1, 0.15) is 6.04 Å². The van der Waals surface area contributed by atoms with Gasteiger partial charge in [-0.1, -0.05) is 12.2 Å². The van der Waals surface area contributed by atoms with Crippen molar-refractivity contribution >= 4 is 17.6 Å². The molecular weight excluding hydrogens is 187 g/mol. The summed E-state index contributed by atoms with van der Waals surface area (Å²) >= 11 is 4.53. The highest BCUT2D eigenvalue weighted by Crippen LogP contribution is 2.31. The molecule has 1 nitrogen and oxygen atoms in total. The minimum atomic E-state index is -4.09. The fourth-order valence-electron chi connectivity index (χ4n) is 1.51. The molecule has 1 rings (SSSR count). The minimum absolute atomic E-state index is 0.215. The van der Waals surface area contributed by atoms with E-state index in [0.717, 1.165) is 0 Å². The van der Waals surface area contributed by atoms with Crippen LogP contribution in [0.5, 0.6) is 0 Å². The van der Waals surface area contributed by atoms with Crippen molar-refractivity contribution in [3.8, 4) is 0 Å². The van der Waals surface area contributed by atoms with Crippen LogP contribution >= 0.6 is 12.2 Å². The van der Waals surface area contributed by atoms with E-state index in [1.807, 2.05) is 0 Å². The molecule has 1 unspecified atom stereocenters. The summed E-state index contributed by atoms with van der Waals surface area (Å²) in [4.78, 5) is 1.38. The Balaban J connectivity index is 2.57. The van der Waals surface area contributed by atoms with E-state index in [9.17, 15) is 13.2 Å². The lowest BCUT2D eigenvalue weighted by molar-refractivity contribution is -0.173. The summed E-state index contributed by atoms with van der Waals surface area (Å²) in [6.45, 7) is 0.775. The first-order valence-electron chi connectivity index (χ1n) is 3.80. The lowest BCUT2D eigenvalue weighted by Gasteiger charge is -2.24. The summed E-state index contributed by atoms with van der Waals surface area (Å²) in [7, 11) is 0. The SMILES string of the molecule is FC(F)(F)C1CCCN1CC=S. The van der Waals surface area contributed by atoms with Gasteiger partial charge in [-0.15, -0.1) is 0 Å². The third-order valence-electron chi connectivity index (χ3n) is 2.05. The van der Waals surface area contributed by atoms with Crippen LogP contribution in [0.3, 0.4) is 0 Å². The third kappa shape index (κ3) is 2.17. The highest BCUT2D eigenvalue weighted by Gasteiger charge is 2.45. The van der Waals surface area contributed by atoms with Crippen LogP contribution in [0, 0.1) is 0 Å². The van der Waals surface area contributed by atoms with Crippen molar-refractivity contribution in [3.05, 3.63) is 0 Å². The number of nitrogens with zero attached hydrogens (tertiary/aromatic N) is 1. The molecular formula is C7H10F3NS. The molecule has 0 bridgehead atoms. The van der Waals surface area contributed by atoms with Crippen LogP contribution in [0.1, 0.15) is 12.8 Å². The van der Waals surface area contributed by atoms with Crippen molar-refractivity contribution in [2.24, 2.45) is 0 Å². The zero-order valence-corrected chi connectivity index (χ0v) is 7.29. The second-order valence-corrected chi connectivity index (χ2v) is 3.19. The first-order chi connectivity index (χ1) is 5.55. The number of rotatable bonds is 2. The Morgan fingerprint density at radius 2 is 2.17 bits per heavy atom. The lowest BCUT2D eigenvalue weighted by Crippen LogP contribution is -2.41. The van der Waals surface area contributed by atoms with Crippen molar-refractivity contribution in [2.45, 2.75) is 25.1 Å². The molecule has 1 aliphatic rings. The second kappa shape index (κ2) is 3.70. The average molecular weight is 197 g/mol. The number of hydrogen-bond donors (Lipinski definition) is 0. The Labute approximate surface area is 74.5 Å². The highest BCUT2D eigenvalue weighted by atomic mass is 32.1. The quantitative estimate of drug-likeness (QED) is 0.623. The Kier molecular flexibility index (Phi) is 3.06. The number of likely N-dealkylation sites (tertiary alicyclic amines) is 1. The maximum atomic E-state index is 12.2. The van der Waals surface area contributed by atoms with Crippen molar-refractivity contribution in [1.82, 2.24) is 4.90 Å². The molecule has 70 valence electrons. The Bertz CT molecular complexity index is 169. The number of halogens is 3. The zero-order chi connectivity index (χ0) is 9.19. The van der Waals surface area contributed by atoms with E-state index in [0.29, 0.717) is 13.0 Å². The van der Waals surface area contributed by atoms with Crippen LogP contribution < -0.4 is 0 Å². The monoisotopic (exact) mass is 197 g/mol. The molecule has 0 aromatic carbocycles. The van der Waals surface area contributed by atoms with Crippen molar-refractivity contribution < 1.29 is 13.2 Å². The molecule has 1 heterocycles. The second-order valence-electron chi connectivity index (χ2n) is 2.86. The van der Waals surface area contributed by atoms with Crippen LogP contribution in [0.2, 0.25) is 0 Å². The first kappa shape index (κ1) is 9.92. The number of hydrogen-bond acceptors (Lipinski definition) is 2. The van der Waals surface area contributed by atoms with Crippen LogP contribution in [0.4, 0.5) is 13.2 Å². The van der Waals surface area contributed by atoms with Gasteiger partial charge in [0.25, 0.3) is 0 Å². The Morgan fingerprint density at radius 3 is 2.67 bits per heavy atom. The molecule has 0 aliphatic carbocycles. The zero-order valence-electron chi connectivity index (χ0n) is 6.47. The molecule has 0 amide bonds. The van der Waals surface area contributed by atoms with E-state index in [4.69, 9.17) is 0 Å². The predicted molar refractivity (Wildman–Crippen MR) is 44.3 cm³/mol. The van der Waals surface area contributed by atoms with E-state index in [-0.39, 0.29) is 13.0 Å². The van der Waals surface area contributed by atoms with E-state index in [2.05, 4.69) is 12.2 Å². The van der Waals surface area contributed by atoms with Gasteiger partial charge in [-0.25, -0.2) is 0 Å². The van der Waals surface area contributed by atoms with Crippen LogP contribution in [-0.2, 0) is 0 Å². The van der Waals surface area contributed by atoms with Crippen LogP contribution in [-0.4, -0.2) is 35.6 Å². The molecule has 0 N–H and O–H groups in total. The standard InChI is InChI=1S/C7H10F3NS/c8-7(9,10)6-2-1-3-11(6)4-5-12/h5-6H,1-4H2. The van der Waals surface area contributed by atoms with E-state index < -0.39 is 12.2 Å². The van der Waals surface area contributed by atoms with Crippen LogP contribution in [0.15, 0.2) is 0 Å². The Hall–Kier alpha value is -0.160. The predicted octanol–water partition coefficient (Wildman–Crippen LogP) is 2.01. The molecule has 0 radical (unpaired) electrons. The molecule has 1 fully saturated rings. The van der Waals surface area contributed by atoms with E-state index >= 15 is 0 Å². The fourth-order valence-corrected chi connectivity index (χ4v) is 1.70. The Morgan fingerprint density at radius 1 is 1.50 bits per heavy atom. The van der Waals surface area contributed by atoms with E-state index in [1.165, 1.54) is 10.3 Å². The lowest BCUT2D eigenvalue weighted by atomic mass is 10.2. The molecule has 0 aromatic heterocycles. The van der Waals surface area contributed by atoms with Gasteiger partial charge >= 0.3 is 6.18 Å². The number of alkyl halides is 3. The van der Waals surface area contributed by atoms with Crippen molar-refractivity contribution in [3.63, 3.8) is 0 Å². The van der Waals surface area contributed by atoms with E-state index in [1.54, 1.807) is 0 Å². The fraction of sp³-hybridized carbons (Fsp3) is 0.857. The summed E-state index contributed by atoms with van der Waals surface area (Å²) in [5.74, 6) is 0. The van der Waals surface area contributed by atoms with Gasteiger partial charge in [0.05, 0.1) is 0 Å². The molecule has 0 saturated carbocycles. The summed E-state index contributed by atoms with van der Waals surface area (Å²) in [5, 5.41) is 1.35. The van der Waals surface area contributed by atoms with Gasteiger partial charge < -0.3 is 0 Å². The summed E-state index contributed by atoms with van der Waals surface area (Å²) in [6, 6.07) is -1.27. The average Bonchev–Trinajstić information content (AvgIpc) is 2.34. The molecule has 1 atom stereocenters. The third-order valence-corrected chi connectivity index (χ3v) is 2.20. The first-order valence-corrected chi connectivity index (χ1v) is 4.27. The highest BCUT2D eigenvalue weighted by molar-refractivity contribution is 7.79. The van der Waals surface area contributed by atoms with Gasteiger partial charge in [0.15, 0.2) is 0 Å². The molecule has 1 aliphatic heterocycles.